The van der Waals surface area contributed by atoms with Gasteiger partial charge in [0, 0.05) is 13.1 Å². The Labute approximate surface area is 148 Å². The summed E-state index contributed by atoms with van der Waals surface area (Å²) in [5.74, 6) is 2.09. The van der Waals surface area contributed by atoms with Gasteiger partial charge in [0.25, 0.3) is 5.91 Å². The molecule has 134 valence electrons. The molecule has 1 aliphatic heterocycles. The largest absolute Gasteiger partial charge is 0.488 e. The second-order valence-corrected chi connectivity index (χ2v) is 7.10. The maximum Gasteiger partial charge on any atom is 0.276 e. The minimum absolute atomic E-state index is 0.0525. The molecule has 0 spiro atoms. The second-order valence-electron chi connectivity index (χ2n) is 7.10. The first-order valence-corrected chi connectivity index (χ1v) is 8.90. The van der Waals surface area contributed by atoms with E-state index in [2.05, 4.69) is 18.1 Å². The highest BCUT2D eigenvalue weighted by atomic mass is 16.5. The van der Waals surface area contributed by atoms with Crippen molar-refractivity contribution in [2.45, 2.75) is 47.1 Å². The van der Waals surface area contributed by atoms with Crippen molar-refractivity contribution in [2.24, 2.45) is 5.92 Å². The van der Waals surface area contributed by atoms with Crippen LogP contribution < -0.4 is 4.74 Å². The Kier molecular flexibility index (Phi) is 5.11. The lowest BCUT2D eigenvalue weighted by molar-refractivity contribution is 0.0684. The molecule has 1 saturated heterocycles. The number of hydrogen-bond acceptors (Lipinski definition) is 4. The molecule has 1 fully saturated rings. The molecule has 2 heterocycles. The molecular weight excluding hydrogens is 316 g/mol. The Morgan fingerprint density at radius 2 is 2.00 bits per heavy atom. The van der Waals surface area contributed by atoms with E-state index >= 15 is 0 Å². The number of carbonyl (C=O) groups is 1. The highest BCUT2D eigenvalue weighted by Gasteiger charge is 2.27. The number of benzene rings is 1. The van der Waals surface area contributed by atoms with Crippen LogP contribution in [0.15, 0.2) is 22.7 Å². The number of piperidine rings is 1. The number of carbonyl (C=O) groups excluding carboxylic acids is 1. The lowest BCUT2D eigenvalue weighted by atomic mass is 9.99. The standard InChI is InChI=1S/C20H26N2O3/c1-13-7-9-22(10-8-13)20(23)19-17(16(4)25-21-19)12-24-18-11-14(2)5-6-15(18)3/h5-6,11,13H,7-10,12H2,1-4H3. The van der Waals surface area contributed by atoms with Crippen molar-refractivity contribution in [2.75, 3.05) is 13.1 Å². The normalized spacial score (nSPS) is 15.4. The fourth-order valence-corrected chi connectivity index (χ4v) is 3.10. The van der Waals surface area contributed by atoms with E-state index in [1.54, 1.807) is 0 Å². The first kappa shape index (κ1) is 17.5. The third-order valence-electron chi connectivity index (χ3n) is 4.97. The van der Waals surface area contributed by atoms with Gasteiger partial charge in [-0.3, -0.25) is 4.79 Å². The number of rotatable bonds is 4. The summed E-state index contributed by atoms with van der Waals surface area (Å²) >= 11 is 0. The van der Waals surface area contributed by atoms with Crippen LogP contribution in [0.4, 0.5) is 0 Å². The molecule has 0 aliphatic carbocycles. The van der Waals surface area contributed by atoms with Crippen LogP contribution in [-0.4, -0.2) is 29.1 Å². The molecule has 5 heteroatoms. The fourth-order valence-electron chi connectivity index (χ4n) is 3.10. The molecule has 1 amide bonds. The van der Waals surface area contributed by atoms with Crippen LogP contribution in [0.2, 0.25) is 0 Å². The van der Waals surface area contributed by atoms with Gasteiger partial charge in [-0.05, 0) is 56.7 Å². The van der Waals surface area contributed by atoms with Gasteiger partial charge in [0.1, 0.15) is 18.1 Å². The number of hydrogen-bond donors (Lipinski definition) is 0. The van der Waals surface area contributed by atoms with Gasteiger partial charge in [0.05, 0.1) is 5.56 Å². The van der Waals surface area contributed by atoms with E-state index in [1.165, 1.54) is 0 Å². The second kappa shape index (κ2) is 7.30. The van der Waals surface area contributed by atoms with E-state index in [9.17, 15) is 4.79 Å². The maximum absolute atomic E-state index is 12.8. The molecule has 0 atom stereocenters. The molecule has 2 aromatic rings. The highest BCUT2D eigenvalue weighted by Crippen LogP contribution is 2.24. The van der Waals surface area contributed by atoms with Gasteiger partial charge >= 0.3 is 0 Å². The summed E-state index contributed by atoms with van der Waals surface area (Å²) in [4.78, 5) is 14.7. The van der Waals surface area contributed by atoms with Gasteiger partial charge in [0.15, 0.2) is 5.69 Å². The summed E-state index contributed by atoms with van der Waals surface area (Å²) in [6.07, 6.45) is 2.08. The van der Waals surface area contributed by atoms with E-state index in [0.29, 0.717) is 17.4 Å². The van der Waals surface area contributed by atoms with Crippen LogP contribution in [0, 0.1) is 26.7 Å². The average molecular weight is 342 g/mol. The SMILES string of the molecule is Cc1ccc(C)c(OCc2c(C(=O)N3CCC(C)CC3)noc2C)c1. The highest BCUT2D eigenvalue weighted by molar-refractivity contribution is 5.93. The Balaban J connectivity index is 1.75. The van der Waals surface area contributed by atoms with Crippen LogP contribution in [-0.2, 0) is 6.61 Å². The zero-order chi connectivity index (χ0) is 18.0. The van der Waals surface area contributed by atoms with Crippen molar-refractivity contribution < 1.29 is 14.1 Å². The molecule has 3 rings (SSSR count). The van der Waals surface area contributed by atoms with E-state index in [4.69, 9.17) is 9.26 Å². The van der Waals surface area contributed by atoms with Gasteiger partial charge in [0.2, 0.25) is 0 Å². The number of aryl methyl sites for hydroxylation is 3. The minimum Gasteiger partial charge on any atom is -0.488 e. The van der Waals surface area contributed by atoms with Crippen LogP contribution >= 0.6 is 0 Å². The van der Waals surface area contributed by atoms with Crippen LogP contribution in [0.1, 0.15) is 52.7 Å². The number of amides is 1. The van der Waals surface area contributed by atoms with Gasteiger partial charge in [-0.15, -0.1) is 0 Å². The molecular formula is C20H26N2O3. The lowest BCUT2D eigenvalue weighted by Crippen LogP contribution is -2.38. The predicted molar refractivity (Wildman–Crippen MR) is 95.8 cm³/mol. The summed E-state index contributed by atoms with van der Waals surface area (Å²) in [5, 5.41) is 4.02. The number of ether oxygens (including phenoxy) is 1. The predicted octanol–water partition coefficient (Wildman–Crippen LogP) is 4.05. The minimum atomic E-state index is -0.0525. The molecule has 1 aliphatic rings. The van der Waals surface area contributed by atoms with Gasteiger partial charge in [-0.25, -0.2) is 0 Å². The summed E-state index contributed by atoms with van der Waals surface area (Å²) in [6.45, 7) is 9.94. The molecule has 0 radical (unpaired) electrons. The summed E-state index contributed by atoms with van der Waals surface area (Å²) in [5.41, 5.74) is 3.33. The van der Waals surface area contributed by atoms with Gasteiger partial charge < -0.3 is 14.2 Å². The molecule has 5 nitrogen and oxygen atoms in total. The monoisotopic (exact) mass is 342 g/mol. The summed E-state index contributed by atoms with van der Waals surface area (Å²) < 4.78 is 11.3. The third kappa shape index (κ3) is 3.86. The number of nitrogens with zero attached hydrogens (tertiary/aromatic N) is 2. The van der Waals surface area contributed by atoms with Crippen molar-refractivity contribution in [1.82, 2.24) is 10.1 Å². The first-order valence-electron chi connectivity index (χ1n) is 8.90. The van der Waals surface area contributed by atoms with E-state index in [-0.39, 0.29) is 12.5 Å². The Morgan fingerprint density at radius 1 is 1.28 bits per heavy atom. The molecule has 0 N–H and O–H groups in total. The van der Waals surface area contributed by atoms with Crippen molar-refractivity contribution in [1.29, 1.82) is 0 Å². The summed E-state index contributed by atoms with van der Waals surface area (Å²) in [6, 6.07) is 6.09. The van der Waals surface area contributed by atoms with E-state index in [1.807, 2.05) is 37.8 Å². The van der Waals surface area contributed by atoms with E-state index in [0.717, 1.165) is 48.4 Å². The molecule has 25 heavy (non-hydrogen) atoms. The summed E-state index contributed by atoms with van der Waals surface area (Å²) in [7, 11) is 0. The van der Waals surface area contributed by atoms with Crippen molar-refractivity contribution >= 4 is 5.91 Å². The third-order valence-corrected chi connectivity index (χ3v) is 4.97. The number of likely N-dealkylation sites (tertiary alicyclic amines) is 1. The Bertz CT molecular complexity index is 758. The molecule has 0 bridgehead atoms. The zero-order valence-electron chi connectivity index (χ0n) is 15.5. The quantitative estimate of drug-likeness (QED) is 0.841. The molecule has 1 aromatic heterocycles. The molecule has 0 unspecified atom stereocenters. The first-order chi connectivity index (χ1) is 12.0. The number of aromatic nitrogens is 1. The van der Waals surface area contributed by atoms with Gasteiger partial charge in [-0.1, -0.05) is 24.2 Å². The van der Waals surface area contributed by atoms with Crippen LogP contribution in [0.3, 0.4) is 0 Å². The van der Waals surface area contributed by atoms with Crippen LogP contribution in [0.25, 0.3) is 0 Å². The Hall–Kier alpha value is -2.30. The molecule has 1 aromatic carbocycles. The fraction of sp³-hybridized carbons (Fsp3) is 0.500. The van der Waals surface area contributed by atoms with Crippen LogP contribution in [0.5, 0.6) is 5.75 Å². The molecule has 0 saturated carbocycles. The average Bonchev–Trinajstić information content (AvgIpc) is 2.96. The lowest BCUT2D eigenvalue weighted by Gasteiger charge is -2.29. The van der Waals surface area contributed by atoms with Crippen molar-refractivity contribution in [3.05, 3.63) is 46.3 Å². The topological polar surface area (TPSA) is 55.6 Å². The van der Waals surface area contributed by atoms with Crippen molar-refractivity contribution in [3.63, 3.8) is 0 Å². The Morgan fingerprint density at radius 3 is 2.72 bits per heavy atom. The maximum atomic E-state index is 12.8. The van der Waals surface area contributed by atoms with Crippen molar-refractivity contribution in [3.8, 4) is 5.75 Å². The van der Waals surface area contributed by atoms with Gasteiger partial charge in [-0.2, -0.15) is 0 Å². The smallest absolute Gasteiger partial charge is 0.276 e. The van der Waals surface area contributed by atoms with E-state index < -0.39 is 0 Å². The zero-order valence-corrected chi connectivity index (χ0v) is 15.5.